The molecule has 3 heteroatoms. The Labute approximate surface area is 265 Å². The monoisotopic (exact) mass is 594 g/mol. The molecule has 0 saturated carbocycles. The van der Waals surface area contributed by atoms with Gasteiger partial charge in [0.1, 0.15) is 0 Å². The molecule has 0 atom stereocenters. The summed E-state index contributed by atoms with van der Waals surface area (Å²) in [6, 6.07) is 59.4. The van der Waals surface area contributed by atoms with Crippen LogP contribution < -0.4 is 20.8 Å². The smallest absolute Gasteiger partial charge is 0.0859 e. The molecule has 0 saturated heterocycles. The van der Waals surface area contributed by atoms with Crippen molar-refractivity contribution in [2.45, 2.75) is 6.54 Å². The largest absolute Gasteiger partial charge is 0.335 e. The van der Waals surface area contributed by atoms with Crippen LogP contribution in [0.3, 0.4) is 0 Å². The molecule has 7 aromatic rings. The van der Waals surface area contributed by atoms with Crippen molar-refractivity contribution < 1.29 is 0 Å². The number of benzene rings is 7. The lowest BCUT2D eigenvalue weighted by Gasteiger charge is -2.34. The van der Waals surface area contributed by atoms with Gasteiger partial charge in [0.25, 0.3) is 0 Å². The van der Waals surface area contributed by atoms with Gasteiger partial charge in [-0.05, 0) is 87.8 Å². The van der Waals surface area contributed by atoms with Crippen LogP contribution in [-0.2, 0) is 6.54 Å². The molecule has 0 unspecified atom stereocenters. The number of hydrogen-bond donors (Lipinski definition) is 0. The first kappa shape index (κ1) is 27.3. The Morgan fingerprint density at radius 1 is 0.511 bits per heavy atom. The van der Waals surface area contributed by atoms with E-state index in [1.165, 1.54) is 60.2 Å². The van der Waals surface area contributed by atoms with Crippen LogP contribution in [0.1, 0.15) is 5.56 Å². The van der Waals surface area contributed by atoms with E-state index < -0.39 is 7.92 Å². The summed E-state index contributed by atoms with van der Waals surface area (Å²) >= 11 is 0. The van der Waals surface area contributed by atoms with Crippen LogP contribution in [0.25, 0.3) is 33.0 Å². The number of hydrogen-bond acceptors (Lipinski definition) is 2. The van der Waals surface area contributed by atoms with Gasteiger partial charge < -0.3 is 4.90 Å². The fourth-order valence-corrected chi connectivity index (χ4v) is 8.90. The van der Waals surface area contributed by atoms with Gasteiger partial charge in [0.2, 0.25) is 0 Å². The molecule has 0 bridgehead atoms. The minimum absolute atomic E-state index is 0.644. The highest BCUT2D eigenvalue weighted by Crippen LogP contribution is 2.48. The molecule has 8 rings (SSSR count). The molecule has 45 heavy (non-hydrogen) atoms. The number of para-hydroxylation sites is 2. The van der Waals surface area contributed by atoms with Gasteiger partial charge in [-0.25, -0.2) is 0 Å². The first-order chi connectivity index (χ1) is 22.3. The summed E-state index contributed by atoms with van der Waals surface area (Å²) in [5.74, 6) is 0. The highest BCUT2D eigenvalue weighted by atomic mass is 31.1. The van der Waals surface area contributed by atoms with Gasteiger partial charge in [-0.15, -0.1) is 0 Å². The zero-order valence-electron chi connectivity index (χ0n) is 24.8. The van der Waals surface area contributed by atoms with Crippen LogP contribution in [-0.4, -0.2) is 6.72 Å². The average molecular weight is 595 g/mol. The van der Waals surface area contributed by atoms with Crippen molar-refractivity contribution >= 4 is 58.4 Å². The molecule has 0 fully saturated rings. The van der Waals surface area contributed by atoms with Crippen LogP contribution in [0.15, 0.2) is 169 Å². The third kappa shape index (κ3) is 4.94. The Hall–Kier alpha value is -5.30. The molecule has 0 amide bonds. The Bertz CT molecular complexity index is 2120. The molecule has 0 radical (unpaired) electrons. The molecule has 0 aromatic heterocycles. The van der Waals surface area contributed by atoms with Crippen molar-refractivity contribution in [3.05, 3.63) is 169 Å². The van der Waals surface area contributed by atoms with Crippen molar-refractivity contribution in [1.29, 1.82) is 0 Å². The molecule has 7 aromatic carbocycles. The maximum Gasteiger partial charge on any atom is 0.0859 e. The van der Waals surface area contributed by atoms with Crippen molar-refractivity contribution in [3.63, 3.8) is 0 Å². The van der Waals surface area contributed by atoms with Crippen LogP contribution in [0.4, 0.5) is 17.1 Å². The first-order valence-electron chi connectivity index (χ1n) is 15.3. The van der Waals surface area contributed by atoms with Gasteiger partial charge in [0, 0.05) is 17.8 Å². The minimum atomic E-state index is -0.644. The van der Waals surface area contributed by atoms with E-state index in [0.717, 1.165) is 17.9 Å². The Kier molecular flexibility index (Phi) is 7.06. The lowest BCUT2D eigenvalue weighted by Crippen LogP contribution is -2.22. The third-order valence-corrected chi connectivity index (χ3v) is 11.2. The SMILES string of the molecule is C=Nc1ccccc1N1Cc2c(ccc3ccccc23)-c2cc(-c3ccc(P(c4ccccc4)c4ccccc4)cc3)ccc21. The maximum absolute atomic E-state index is 4.38. The standard InChI is InChI=1S/C42H31N2P/c1-43-40-18-10-11-19-42(40)44-29-39-36-17-9-8-12-31(36)22-26-37(39)38-28-32(23-27-41(38)44)30-20-24-35(25-21-30)45(33-13-4-2-5-14-33)34-15-6-3-7-16-34/h2-28H,1,29H2. The summed E-state index contributed by atoms with van der Waals surface area (Å²) in [7, 11) is -0.644. The molecule has 0 N–H and O–H groups in total. The molecule has 0 spiro atoms. The molecule has 1 aliphatic heterocycles. The van der Waals surface area contributed by atoms with Gasteiger partial charge in [-0.2, -0.15) is 0 Å². The van der Waals surface area contributed by atoms with Crippen molar-refractivity contribution in [1.82, 2.24) is 0 Å². The number of nitrogens with zero attached hydrogens (tertiary/aromatic N) is 2. The van der Waals surface area contributed by atoms with Crippen LogP contribution in [0, 0.1) is 0 Å². The molecular formula is C42H31N2P. The van der Waals surface area contributed by atoms with E-state index in [1.807, 2.05) is 12.1 Å². The number of rotatable bonds is 6. The zero-order chi connectivity index (χ0) is 30.2. The van der Waals surface area contributed by atoms with E-state index in [-0.39, 0.29) is 0 Å². The molecule has 2 nitrogen and oxygen atoms in total. The Morgan fingerprint density at radius 3 is 1.87 bits per heavy atom. The number of aliphatic imine (C=N–C) groups is 1. The Morgan fingerprint density at radius 2 is 1.13 bits per heavy atom. The molecule has 1 aliphatic rings. The quantitative estimate of drug-likeness (QED) is 0.138. The topological polar surface area (TPSA) is 15.6 Å². The second kappa shape index (κ2) is 11.7. The summed E-state index contributed by atoms with van der Waals surface area (Å²) in [4.78, 5) is 6.77. The number of anilines is 2. The van der Waals surface area contributed by atoms with Crippen LogP contribution in [0.5, 0.6) is 0 Å². The van der Waals surface area contributed by atoms with Crippen molar-refractivity contribution in [2.75, 3.05) is 4.90 Å². The van der Waals surface area contributed by atoms with Crippen LogP contribution >= 0.6 is 7.92 Å². The minimum Gasteiger partial charge on any atom is -0.335 e. The van der Waals surface area contributed by atoms with E-state index in [4.69, 9.17) is 0 Å². The Balaban J connectivity index is 1.24. The molecule has 1 heterocycles. The second-order valence-electron chi connectivity index (χ2n) is 11.3. The highest BCUT2D eigenvalue weighted by Gasteiger charge is 2.26. The fourth-order valence-electron chi connectivity index (χ4n) is 6.61. The van der Waals surface area contributed by atoms with Crippen molar-refractivity contribution in [2.24, 2.45) is 4.99 Å². The van der Waals surface area contributed by atoms with Crippen LogP contribution in [0.2, 0.25) is 0 Å². The fraction of sp³-hybridized carbons (Fsp3) is 0.0238. The van der Waals surface area contributed by atoms with E-state index in [0.29, 0.717) is 0 Å². The predicted molar refractivity (Wildman–Crippen MR) is 195 cm³/mol. The van der Waals surface area contributed by atoms with E-state index in [2.05, 4.69) is 168 Å². The summed E-state index contributed by atoms with van der Waals surface area (Å²) in [5.41, 5.74) is 9.43. The van der Waals surface area contributed by atoms with Gasteiger partial charge in [0.15, 0.2) is 0 Å². The lowest BCUT2D eigenvalue weighted by molar-refractivity contribution is 0.970. The lowest BCUT2D eigenvalue weighted by atomic mass is 9.87. The van der Waals surface area contributed by atoms with Gasteiger partial charge in [-0.1, -0.05) is 140 Å². The third-order valence-electron chi connectivity index (χ3n) is 8.76. The summed E-state index contributed by atoms with van der Waals surface area (Å²) in [6.45, 7) is 4.64. The van der Waals surface area contributed by atoms with Gasteiger partial charge >= 0.3 is 0 Å². The summed E-state index contributed by atoms with van der Waals surface area (Å²) < 4.78 is 0. The average Bonchev–Trinajstić information content (AvgIpc) is 3.12. The molecule has 0 aliphatic carbocycles. The molecule has 214 valence electrons. The van der Waals surface area contributed by atoms with E-state index in [9.17, 15) is 0 Å². The highest BCUT2D eigenvalue weighted by molar-refractivity contribution is 7.79. The zero-order valence-corrected chi connectivity index (χ0v) is 25.7. The van der Waals surface area contributed by atoms with Crippen molar-refractivity contribution in [3.8, 4) is 22.3 Å². The number of fused-ring (bicyclic) bond motifs is 5. The second-order valence-corrected chi connectivity index (χ2v) is 13.6. The van der Waals surface area contributed by atoms with Gasteiger partial charge in [0.05, 0.1) is 11.4 Å². The summed E-state index contributed by atoms with van der Waals surface area (Å²) in [6.07, 6.45) is 0. The molecular weight excluding hydrogens is 563 g/mol. The first-order valence-corrected chi connectivity index (χ1v) is 16.6. The normalized spacial score (nSPS) is 12.2. The summed E-state index contributed by atoms with van der Waals surface area (Å²) in [5, 5.41) is 6.62. The van der Waals surface area contributed by atoms with E-state index in [1.54, 1.807) is 0 Å². The maximum atomic E-state index is 4.38. The van der Waals surface area contributed by atoms with Gasteiger partial charge in [-0.3, -0.25) is 4.99 Å². The van der Waals surface area contributed by atoms with E-state index >= 15 is 0 Å². The predicted octanol–water partition coefficient (Wildman–Crippen LogP) is 9.92.